The lowest BCUT2D eigenvalue weighted by molar-refractivity contribution is 0.0740. The number of primary sulfonamides is 1. The van der Waals surface area contributed by atoms with E-state index in [1.165, 1.54) is 6.07 Å². The number of rotatable bonds is 5. The average molecular weight is 313 g/mol. The van der Waals surface area contributed by atoms with Crippen molar-refractivity contribution in [2.24, 2.45) is 5.14 Å². The summed E-state index contributed by atoms with van der Waals surface area (Å²) in [5.74, 6) is -0.223. The Morgan fingerprint density at radius 2 is 1.86 bits per heavy atom. The van der Waals surface area contributed by atoms with E-state index < -0.39 is 10.0 Å². The zero-order chi connectivity index (χ0) is 16.4. The molecule has 0 saturated heterocycles. The van der Waals surface area contributed by atoms with Gasteiger partial charge in [-0.15, -0.1) is 0 Å². The topological polar surface area (TPSA) is 83.7 Å². The fraction of sp³-hybridized carbons (Fsp3) is 0.500. The van der Waals surface area contributed by atoms with Crippen molar-refractivity contribution in [3.05, 3.63) is 23.8 Å². The van der Waals surface area contributed by atoms with Crippen LogP contribution in [0.3, 0.4) is 0 Å². The Kier molecular flexibility index (Phi) is 5.36. The molecule has 1 amide bonds. The third-order valence-corrected chi connectivity index (χ3v) is 4.51. The maximum absolute atomic E-state index is 12.4. The monoisotopic (exact) mass is 313 g/mol. The SMILES string of the molecule is CCC(C)N(C)C(=O)c1ccc(N(C)C)c(S(N)(=O)=O)c1. The highest BCUT2D eigenvalue weighted by Gasteiger charge is 2.21. The molecule has 0 aliphatic heterocycles. The molecule has 7 heteroatoms. The van der Waals surface area contributed by atoms with Gasteiger partial charge in [-0.1, -0.05) is 6.92 Å². The summed E-state index contributed by atoms with van der Waals surface area (Å²) in [5.41, 5.74) is 0.771. The highest BCUT2D eigenvalue weighted by atomic mass is 32.2. The first-order chi connectivity index (χ1) is 9.59. The van der Waals surface area contributed by atoms with E-state index in [9.17, 15) is 13.2 Å². The maximum Gasteiger partial charge on any atom is 0.253 e. The number of nitrogens with two attached hydrogens (primary N) is 1. The van der Waals surface area contributed by atoms with Crippen LogP contribution < -0.4 is 10.0 Å². The molecule has 0 aliphatic rings. The van der Waals surface area contributed by atoms with Crippen molar-refractivity contribution >= 4 is 21.6 Å². The molecule has 0 heterocycles. The average Bonchev–Trinajstić information content (AvgIpc) is 2.43. The standard InChI is InChI=1S/C14H23N3O3S/c1-6-10(2)17(5)14(18)11-7-8-12(16(3)4)13(9-11)21(15,19)20/h7-10H,6H2,1-5H3,(H2,15,19,20). The number of carbonyl (C=O) groups excluding carboxylic acids is 1. The molecule has 0 saturated carbocycles. The molecule has 1 aromatic rings. The molecule has 0 aliphatic carbocycles. The molecule has 1 rings (SSSR count). The zero-order valence-corrected chi connectivity index (χ0v) is 13.9. The Balaban J connectivity index is 3.33. The second kappa shape index (κ2) is 6.44. The minimum atomic E-state index is -3.90. The van der Waals surface area contributed by atoms with E-state index in [1.54, 1.807) is 43.1 Å². The largest absolute Gasteiger partial charge is 0.377 e. The Hall–Kier alpha value is -1.60. The number of sulfonamides is 1. The lowest BCUT2D eigenvalue weighted by atomic mass is 10.1. The fourth-order valence-corrected chi connectivity index (χ4v) is 2.76. The summed E-state index contributed by atoms with van der Waals surface area (Å²) in [7, 11) is 1.24. The van der Waals surface area contributed by atoms with Crippen molar-refractivity contribution in [2.75, 3.05) is 26.0 Å². The van der Waals surface area contributed by atoms with Gasteiger partial charge in [-0.25, -0.2) is 13.6 Å². The molecule has 0 radical (unpaired) electrons. The lowest BCUT2D eigenvalue weighted by Gasteiger charge is -2.24. The molecular formula is C14H23N3O3S. The summed E-state index contributed by atoms with van der Waals surface area (Å²) in [6.45, 7) is 3.92. The summed E-state index contributed by atoms with van der Waals surface area (Å²) in [6, 6.07) is 4.62. The van der Waals surface area contributed by atoms with Crippen LogP contribution in [0.5, 0.6) is 0 Å². The second-order valence-electron chi connectivity index (χ2n) is 5.30. The zero-order valence-electron chi connectivity index (χ0n) is 13.1. The third kappa shape index (κ3) is 3.95. The Bertz CT molecular complexity index is 626. The van der Waals surface area contributed by atoms with E-state index in [0.717, 1.165) is 6.42 Å². The number of hydrogen-bond donors (Lipinski definition) is 1. The molecule has 0 aromatic heterocycles. The molecule has 0 bridgehead atoms. The van der Waals surface area contributed by atoms with Crippen molar-refractivity contribution in [3.63, 3.8) is 0 Å². The first-order valence-corrected chi connectivity index (χ1v) is 8.25. The van der Waals surface area contributed by atoms with E-state index >= 15 is 0 Å². The molecule has 1 aromatic carbocycles. The minimum absolute atomic E-state index is 0.0455. The summed E-state index contributed by atoms with van der Waals surface area (Å²) < 4.78 is 23.4. The number of amides is 1. The number of anilines is 1. The van der Waals surface area contributed by atoms with Crippen molar-refractivity contribution < 1.29 is 13.2 Å². The van der Waals surface area contributed by atoms with Gasteiger partial charge < -0.3 is 9.80 Å². The van der Waals surface area contributed by atoms with Crippen LogP contribution in [0.4, 0.5) is 5.69 Å². The van der Waals surface area contributed by atoms with Gasteiger partial charge in [0.05, 0.1) is 5.69 Å². The van der Waals surface area contributed by atoms with Gasteiger partial charge in [-0.05, 0) is 31.5 Å². The molecule has 1 unspecified atom stereocenters. The summed E-state index contributed by atoms with van der Waals surface area (Å²) in [4.78, 5) is 15.6. The predicted octanol–water partition coefficient (Wildman–Crippen LogP) is 1.27. The molecule has 2 N–H and O–H groups in total. The Morgan fingerprint density at radius 1 is 1.29 bits per heavy atom. The Labute approximate surface area is 126 Å². The quantitative estimate of drug-likeness (QED) is 0.887. The molecule has 6 nitrogen and oxygen atoms in total. The lowest BCUT2D eigenvalue weighted by Crippen LogP contribution is -2.34. The van der Waals surface area contributed by atoms with Crippen molar-refractivity contribution in [2.45, 2.75) is 31.2 Å². The summed E-state index contributed by atoms with van der Waals surface area (Å²) in [5, 5.41) is 5.25. The van der Waals surface area contributed by atoms with Crippen LogP contribution in [0, 0.1) is 0 Å². The normalized spacial score (nSPS) is 12.9. The van der Waals surface area contributed by atoms with Crippen LogP contribution in [0.15, 0.2) is 23.1 Å². The maximum atomic E-state index is 12.4. The fourth-order valence-electron chi connectivity index (χ4n) is 1.92. The second-order valence-corrected chi connectivity index (χ2v) is 6.83. The number of carbonyl (C=O) groups is 1. The van der Waals surface area contributed by atoms with Gasteiger partial charge in [0, 0.05) is 32.7 Å². The molecule has 118 valence electrons. The first kappa shape index (κ1) is 17.5. The summed E-state index contributed by atoms with van der Waals surface area (Å²) in [6.07, 6.45) is 0.820. The van der Waals surface area contributed by atoms with Crippen LogP contribution in [0.1, 0.15) is 30.6 Å². The number of hydrogen-bond acceptors (Lipinski definition) is 4. The van der Waals surface area contributed by atoms with Crippen LogP contribution >= 0.6 is 0 Å². The highest BCUT2D eigenvalue weighted by Crippen LogP contribution is 2.24. The van der Waals surface area contributed by atoms with Gasteiger partial charge in [0.2, 0.25) is 10.0 Å². The third-order valence-electron chi connectivity index (χ3n) is 3.57. The van der Waals surface area contributed by atoms with Crippen LogP contribution in [-0.4, -0.2) is 46.4 Å². The molecule has 0 fully saturated rings. The highest BCUT2D eigenvalue weighted by molar-refractivity contribution is 7.89. The molecule has 1 atom stereocenters. The van der Waals surface area contributed by atoms with Crippen molar-refractivity contribution in [1.82, 2.24) is 4.90 Å². The molecule has 21 heavy (non-hydrogen) atoms. The minimum Gasteiger partial charge on any atom is -0.377 e. The number of nitrogens with zero attached hydrogens (tertiary/aromatic N) is 2. The van der Waals surface area contributed by atoms with Gasteiger partial charge in [0.15, 0.2) is 0 Å². The molecular weight excluding hydrogens is 290 g/mol. The van der Waals surface area contributed by atoms with E-state index in [-0.39, 0.29) is 16.8 Å². The van der Waals surface area contributed by atoms with Crippen LogP contribution in [0.2, 0.25) is 0 Å². The summed E-state index contributed by atoms with van der Waals surface area (Å²) >= 11 is 0. The first-order valence-electron chi connectivity index (χ1n) is 6.71. The van der Waals surface area contributed by atoms with E-state index in [0.29, 0.717) is 11.3 Å². The van der Waals surface area contributed by atoms with E-state index in [2.05, 4.69) is 0 Å². The van der Waals surface area contributed by atoms with Crippen LogP contribution in [-0.2, 0) is 10.0 Å². The number of benzene rings is 1. The predicted molar refractivity (Wildman–Crippen MR) is 84.0 cm³/mol. The van der Waals surface area contributed by atoms with Gasteiger partial charge >= 0.3 is 0 Å². The molecule has 0 spiro atoms. The van der Waals surface area contributed by atoms with Crippen LogP contribution in [0.25, 0.3) is 0 Å². The Morgan fingerprint density at radius 3 is 2.29 bits per heavy atom. The van der Waals surface area contributed by atoms with Crippen molar-refractivity contribution in [1.29, 1.82) is 0 Å². The van der Waals surface area contributed by atoms with Gasteiger partial charge in [-0.2, -0.15) is 0 Å². The van der Waals surface area contributed by atoms with E-state index in [4.69, 9.17) is 5.14 Å². The van der Waals surface area contributed by atoms with E-state index in [1.807, 2.05) is 13.8 Å². The van der Waals surface area contributed by atoms with Gasteiger partial charge in [-0.3, -0.25) is 4.79 Å². The van der Waals surface area contributed by atoms with Gasteiger partial charge in [0.1, 0.15) is 4.90 Å². The smallest absolute Gasteiger partial charge is 0.253 e. The van der Waals surface area contributed by atoms with Gasteiger partial charge in [0.25, 0.3) is 5.91 Å². The van der Waals surface area contributed by atoms with Crippen molar-refractivity contribution in [3.8, 4) is 0 Å².